The fourth-order valence-electron chi connectivity index (χ4n) is 1.83. The molecular weight excluding hydrogens is 222 g/mol. The minimum Gasteiger partial charge on any atom is -0.464 e. The predicted molar refractivity (Wildman–Crippen MR) is 62.3 cm³/mol. The molecule has 1 heterocycles. The second-order valence-corrected chi connectivity index (χ2v) is 4.43. The van der Waals surface area contributed by atoms with Crippen molar-refractivity contribution in [3.63, 3.8) is 0 Å². The minimum atomic E-state index is -0.612. The Morgan fingerprint density at radius 1 is 1.59 bits per heavy atom. The third-order valence-corrected chi connectivity index (χ3v) is 2.83. The van der Waals surface area contributed by atoms with Gasteiger partial charge >= 0.3 is 5.97 Å². The first-order valence-electron chi connectivity index (χ1n) is 6.27. The van der Waals surface area contributed by atoms with Gasteiger partial charge in [0.25, 0.3) is 0 Å². The molecule has 0 saturated carbocycles. The molecule has 17 heavy (non-hydrogen) atoms. The summed E-state index contributed by atoms with van der Waals surface area (Å²) in [6.45, 7) is 2.45. The SMILES string of the molecule is CCCCCC(O)CC(=O)N[C@@H]1CCOC1=O. The van der Waals surface area contributed by atoms with Gasteiger partial charge in [-0.25, -0.2) is 4.79 Å². The average molecular weight is 243 g/mol. The smallest absolute Gasteiger partial charge is 0.328 e. The summed E-state index contributed by atoms with van der Waals surface area (Å²) in [4.78, 5) is 22.6. The molecule has 0 aliphatic carbocycles. The standard InChI is InChI=1S/C12H21NO4/c1-2-3-4-5-9(14)8-11(15)13-10-6-7-17-12(10)16/h9-10,14H,2-8H2,1H3,(H,13,15)/t9?,10-/m1/s1. The molecule has 5 heteroatoms. The molecular formula is C12H21NO4. The molecule has 5 nitrogen and oxygen atoms in total. The molecule has 1 rings (SSSR count). The summed E-state index contributed by atoms with van der Waals surface area (Å²) in [7, 11) is 0. The minimum absolute atomic E-state index is 0.0630. The van der Waals surface area contributed by atoms with Crippen LogP contribution in [0.4, 0.5) is 0 Å². The van der Waals surface area contributed by atoms with Crippen molar-refractivity contribution >= 4 is 11.9 Å². The zero-order valence-corrected chi connectivity index (χ0v) is 10.3. The first-order valence-corrected chi connectivity index (χ1v) is 6.27. The molecule has 1 aliphatic rings. The highest BCUT2D eigenvalue weighted by Gasteiger charge is 2.28. The number of cyclic esters (lactones) is 1. The fraction of sp³-hybridized carbons (Fsp3) is 0.833. The van der Waals surface area contributed by atoms with Gasteiger partial charge in [0, 0.05) is 6.42 Å². The van der Waals surface area contributed by atoms with Gasteiger partial charge < -0.3 is 15.2 Å². The van der Waals surface area contributed by atoms with Crippen LogP contribution in [0.15, 0.2) is 0 Å². The van der Waals surface area contributed by atoms with E-state index in [0.717, 1.165) is 19.3 Å². The van der Waals surface area contributed by atoms with Crippen LogP contribution in [0.1, 0.15) is 45.4 Å². The first-order chi connectivity index (χ1) is 8.13. The van der Waals surface area contributed by atoms with Crippen LogP contribution in [0.2, 0.25) is 0 Å². The van der Waals surface area contributed by atoms with Crippen molar-refractivity contribution < 1.29 is 19.4 Å². The molecule has 1 unspecified atom stereocenters. The first kappa shape index (κ1) is 14.0. The number of hydrogen-bond acceptors (Lipinski definition) is 4. The van der Waals surface area contributed by atoms with Crippen LogP contribution < -0.4 is 5.32 Å². The Kier molecular flexibility index (Phi) is 5.97. The van der Waals surface area contributed by atoms with Crippen molar-refractivity contribution in [1.29, 1.82) is 0 Å². The van der Waals surface area contributed by atoms with Crippen LogP contribution in [0.5, 0.6) is 0 Å². The van der Waals surface area contributed by atoms with Crippen LogP contribution in [-0.4, -0.2) is 35.7 Å². The highest BCUT2D eigenvalue weighted by molar-refractivity contribution is 5.85. The molecule has 1 aliphatic heterocycles. The van der Waals surface area contributed by atoms with Gasteiger partial charge in [0.2, 0.25) is 5.91 Å². The van der Waals surface area contributed by atoms with E-state index < -0.39 is 12.1 Å². The van der Waals surface area contributed by atoms with Crippen LogP contribution in [0, 0.1) is 0 Å². The quantitative estimate of drug-likeness (QED) is 0.511. The normalized spacial score (nSPS) is 21.1. The second kappa shape index (κ2) is 7.27. The Bertz CT molecular complexity index is 267. The maximum Gasteiger partial charge on any atom is 0.328 e. The number of nitrogens with one attached hydrogen (secondary N) is 1. The van der Waals surface area contributed by atoms with Gasteiger partial charge in [-0.1, -0.05) is 26.2 Å². The number of hydrogen-bond donors (Lipinski definition) is 2. The number of aliphatic hydroxyl groups is 1. The van der Waals surface area contributed by atoms with Crippen molar-refractivity contribution in [3.05, 3.63) is 0 Å². The summed E-state index contributed by atoms with van der Waals surface area (Å²) < 4.78 is 4.73. The average Bonchev–Trinajstić information content (AvgIpc) is 2.64. The van der Waals surface area contributed by atoms with E-state index in [4.69, 9.17) is 4.74 Å². The topological polar surface area (TPSA) is 75.6 Å². The highest BCUT2D eigenvalue weighted by Crippen LogP contribution is 2.09. The molecule has 0 aromatic heterocycles. The molecule has 0 aromatic rings. The zero-order valence-electron chi connectivity index (χ0n) is 10.3. The van der Waals surface area contributed by atoms with Gasteiger partial charge in [-0.05, 0) is 6.42 Å². The van der Waals surface area contributed by atoms with Gasteiger partial charge in [-0.3, -0.25) is 4.79 Å². The van der Waals surface area contributed by atoms with Gasteiger partial charge in [0.05, 0.1) is 19.1 Å². The Morgan fingerprint density at radius 3 is 2.94 bits per heavy atom. The lowest BCUT2D eigenvalue weighted by Crippen LogP contribution is -2.39. The lowest BCUT2D eigenvalue weighted by molar-refractivity contribution is -0.141. The summed E-state index contributed by atoms with van der Waals surface area (Å²) in [6.07, 6.45) is 3.69. The van der Waals surface area contributed by atoms with E-state index in [9.17, 15) is 14.7 Å². The van der Waals surface area contributed by atoms with E-state index in [2.05, 4.69) is 12.2 Å². The van der Waals surface area contributed by atoms with Gasteiger partial charge in [-0.2, -0.15) is 0 Å². The molecule has 1 fully saturated rings. The zero-order chi connectivity index (χ0) is 12.7. The lowest BCUT2D eigenvalue weighted by atomic mass is 10.1. The van der Waals surface area contributed by atoms with Gasteiger partial charge in [-0.15, -0.1) is 0 Å². The summed E-state index contributed by atoms with van der Waals surface area (Å²) in [5.74, 6) is -0.656. The number of esters is 1. The molecule has 0 bridgehead atoms. The summed E-state index contributed by atoms with van der Waals surface area (Å²) in [6, 6.07) is -0.523. The highest BCUT2D eigenvalue weighted by atomic mass is 16.5. The number of rotatable bonds is 7. The Morgan fingerprint density at radius 2 is 2.35 bits per heavy atom. The summed E-state index contributed by atoms with van der Waals surface area (Å²) >= 11 is 0. The van der Waals surface area contributed by atoms with Crippen LogP contribution in [-0.2, 0) is 14.3 Å². The van der Waals surface area contributed by atoms with Crippen LogP contribution >= 0.6 is 0 Å². The maximum atomic E-state index is 11.5. The largest absolute Gasteiger partial charge is 0.464 e. The number of aliphatic hydroxyl groups excluding tert-OH is 1. The number of carbonyl (C=O) groups is 2. The van der Waals surface area contributed by atoms with Crippen molar-refractivity contribution in [1.82, 2.24) is 5.32 Å². The van der Waals surface area contributed by atoms with E-state index >= 15 is 0 Å². The van der Waals surface area contributed by atoms with Gasteiger partial charge in [0.15, 0.2) is 0 Å². The van der Waals surface area contributed by atoms with E-state index in [-0.39, 0.29) is 18.3 Å². The fourth-order valence-corrected chi connectivity index (χ4v) is 1.83. The van der Waals surface area contributed by atoms with E-state index in [1.807, 2.05) is 0 Å². The van der Waals surface area contributed by atoms with Crippen molar-refractivity contribution in [2.45, 2.75) is 57.6 Å². The van der Waals surface area contributed by atoms with E-state index in [0.29, 0.717) is 19.4 Å². The summed E-state index contributed by atoms with van der Waals surface area (Å²) in [5.41, 5.74) is 0. The molecule has 0 radical (unpaired) electrons. The van der Waals surface area contributed by atoms with Gasteiger partial charge in [0.1, 0.15) is 6.04 Å². The monoisotopic (exact) mass is 243 g/mol. The van der Waals surface area contributed by atoms with Crippen molar-refractivity contribution in [2.24, 2.45) is 0 Å². The molecule has 2 N–H and O–H groups in total. The second-order valence-electron chi connectivity index (χ2n) is 4.43. The maximum absolute atomic E-state index is 11.5. The molecule has 98 valence electrons. The number of amides is 1. The Labute approximate surface area is 102 Å². The molecule has 0 aromatic carbocycles. The molecule has 1 saturated heterocycles. The van der Waals surface area contributed by atoms with E-state index in [1.54, 1.807) is 0 Å². The third kappa shape index (κ3) is 5.17. The predicted octanol–water partition coefficient (Wildman–Crippen LogP) is 0.749. The van der Waals surface area contributed by atoms with Crippen LogP contribution in [0.3, 0.4) is 0 Å². The number of carbonyl (C=O) groups excluding carboxylic acids is 2. The Balaban J connectivity index is 2.17. The van der Waals surface area contributed by atoms with Crippen LogP contribution in [0.25, 0.3) is 0 Å². The number of ether oxygens (including phenoxy) is 1. The molecule has 1 amide bonds. The lowest BCUT2D eigenvalue weighted by Gasteiger charge is -2.12. The van der Waals surface area contributed by atoms with Crippen molar-refractivity contribution in [2.75, 3.05) is 6.61 Å². The third-order valence-electron chi connectivity index (χ3n) is 2.83. The summed E-state index contributed by atoms with van der Waals surface area (Å²) in [5, 5.41) is 12.2. The molecule has 0 spiro atoms. The Hall–Kier alpha value is -1.10. The number of unbranched alkanes of at least 4 members (excludes halogenated alkanes) is 2. The van der Waals surface area contributed by atoms with E-state index in [1.165, 1.54) is 0 Å². The molecule has 2 atom stereocenters. The van der Waals surface area contributed by atoms with Crippen molar-refractivity contribution in [3.8, 4) is 0 Å².